The van der Waals surface area contributed by atoms with Crippen LogP contribution in [0, 0.1) is 0 Å². The molecule has 1 heterocycles. The maximum atomic E-state index is 11.7. The maximum absolute atomic E-state index is 11.7. The summed E-state index contributed by atoms with van der Waals surface area (Å²) in [7, 11) is 0. The molecule has 23 heavy (non-hydrogen) atoms. The molecular weight excluding hydrogens is 328 g/mol. The van der Waals surface area contributed by atoms with Gasteiger partial charge in [-0.15, -0.1) is 10.2 Å². The lowest BCUT2D eigenvalue weighted by molar-refractivity contribution is -0.118. The van der Waals surface area contributed by atoms with Crippen LogP contribution >= 0.6 is 23.1 Å². The highest BCUT2D eigenvalue weighted by Crippen LogP contribution is 2.25. The van der Waals surface area contributed by atoms with Crippen LogP contribution in [-0.4, -0.2) is 28.4 Å². The molecule has 0 fully saturated rings. The maximum Gasteiger partial charge on any atom is 0.230 e. The van der Waals surface area contributed by atoms with Crippen molar-refractivity contribution in [3.8, 4) is 0 Å². The molecule has 2 aromatic rings. The fourth-order valence-electron chi connectivity index (χ4n) is 1.89. The van der Waals surface area contributed by atoms with Crippen molar-refractivity contribution in [3.63, 3.8) is 0 Å². The lowest BCUT2D eigenvalue weighted by Gasteiger charge is -2.02. The Bertz CT molecular complexity index is 589. The van der Waals surface area contributed by atoms with E-state index in [1.807, 2.05) is 18.2 Å². The summed E-state index contributed by atoms with van der Waals surface area (Å²) in [4.78, 5) is 11.7. The van der Waals surface area contributed by atoms with Crippen molar-refractivity contribution < 1.29 is 4.79 Å². The van der Waals surface area contributed by atoms with Crippen molar-refractivity contribution in [2.45, 2.75) is 37.1 Å². The van der Waals surface area contributed by atoms with Gasteiger partial charge >= 0.3 is 0 Å². The minimum Gasteiger partial charge on any atom is -0.356 e. The van der Waals surface area contributed by atoms with E-state index in [9.17, 15) is 4.79 Å². The van der Waals surface area contributed by atoms with Gasteiger partial charge in [0.15, 0.2) is 4.34 Å². The van der Waals surface area contributed by atoms with Gasteiger partial charge in [0.25, 0.3) is 0 Å². The highest BCUT2D eigenvalue weighted by atomic mass is 32.2. The summed E-state index contributed by atoms with van der Waals surface area (Å²) in [5, 5.41) is 15.1. The lowest BCUT2D eigenvalue weighted by Crippen LogP contribution is -2.26. The van der Waals surface area contributed by atoms with Crippen LogP contribution in [0.3, 0.4) is 0 Å². The number of nitrogens with zero attached hydrogens (tertiary/aromatic N) is 2. The first kappa shape index (κ1) is 17.7. The van der Waals surface area contributed by atoms with Gasteiger partial charge in [-0.1, -0.05) is 73.2 Å². The number of carbonyl (C=O) groups is 1. The third-order valence-electron chi connectivity index (χ3n) is 3.12. The smallest absolute Gasteiger partial charge is 0.230 e. The Balaban J connectivity index is 1.67. The zero-order chi connectivity index (χ0) is 16.3. The van der Waals surface area contributed by atoms with Crippen LogP contribution in [-0.2, 0) is 11.3 Å². The molecule has 0 saturated heterocycles. The van der Waals surface area contributed by atoms with Gasteiger partial charge in [-0.3, -0.25) is 4.79 Å². The molecule has 1 amide bonds. The normalized spacial score (nSPS) is 10.5. The van der Waals surface area contributed by atoms with Crippen LogP contribution in [0.15, 0.2) is 34.7 Å². The molecule has 0 aliphatic heterocycles. The number of nitrogens with one attached hydrogen (secondary N) is 2. The van der Waals surface area contributed by atoms with E-state index in [0.717, 1.165) is 41.8 Å². The molecule has 0 aliphatic carbocycles. The largest absolute Gasteiger partial charge is 0.356 e. The summed E-state index contributed by atoms with van der Waals surface area (Å²) in [6.07, 6.45) is 3.35. The SMILES string of the molecule is CCCCCNC(=O)CSc1nnc(NCc2ccccc2)s1. The van der Waals surface area contributed by atoms with Gasteiger partial charge in [0, 0.05) is 13.1 Å². The van der Waals surface area contributed by atoms with Crippen molar-refractivity contribution in [2.24, 2.45) is 0 Å². The Labute approximate surface area is 145 Å². The summed E-state index contributed by atoms with van der Waals surface area (Å²) in [5.74, 6) is 0.444. The predicted molar refractivity (Wildman–Crippen MR) is 96.9 cm³/mol. The van der Waals surface area contributed by atoms with Crippen molar-refractivity contribution in [3.05, 3.63) is 35.9 Å². The van der Waals surface area contributed by atoms with E-state index < -0.39 is 0 Å². The molecule has 7 heteroatoms. The average molecular weight is 351 g/mol. The quantitative estimate of drug-likeness (QED) is 0.507. The predicted octanol–water partition coefficient (Wildman–Crippen LogP) is 3.55. The van der Waals surface area contributed by atoms with E-state index in [2.05, 4.69) is 39.9 Å². The van der Waals surface area contributed by atoms with E-state index in [0.29, 0.717) is 5.75 Å². The van der Waals surface area contributed by atoms with Crippen molar-refractivity contribution in [2.75, 3.05) is 17.6 Å². The van der Waals surface area contributed by atoms with Crippen molar-refractivity contribution in [1.29, 1.82) is 0 Å². The molecule has 1 aromatic carbocycles. The Morgan fingerprint density at radius 1 is 1.22 bits per heavy atom. The Morgan fingerprint density at radius 3 is 2.83 bits per heavy atom. The van der Waals surface area contributed by atoms with E-state index in [4.69, 9.17) is 0 Å². The highest BCUT2D eigenvalue weighted by Gasteiger charge is 2.07. The number of unbranched alkanes of at least 4 members (excludes halogenated alkanes) is 2. The molecule has 2 rings (SSSR count). The molecule has 0 aliphatic rings. The second kappa shape index (κ2) is 10.2. The number of carbonyl (C=O) groups excluding carboxylic acids is 1. The van der Waals surface area contributed by atoms with Gasteiger partial charge in [0.05, 0.1) is 5.75 Å². The van der Waals surface area contributed by atoms with Crippen LogP contribution < -0.4 is 10.6 Å². The first-order valence-corrected chi connectivity index (χ1v) is 9.59. The van der Waals surface area contributed by atoms with E-state index >= 15 is 0 Å². The van der Waals surface area contributed by atoms with Crippen LogP contribution in [0.4, 0.5) is 5.13 Å². The van der Waals surface area contributed by atoms with Crippen LogP contribution in [0.1, 0.15) is 31.7 Å². The van der Waals surface area contributed by atoms with Gasteiger partial charge in [0.2, 0.25) is 11.0 Å². The summed E-state index contributed by atoms with van der Waals surface area (Å²) in [6, 6.07) is 10.1. The minimum atomic E-state index is 0.0556. The molecule has 0 unspecified atom stereocenters. The molecule has 5 nitrogen and oxygen atoms in total. The van der Waals surface area contributed by atoms with Gasteiger partial charge in [0.1, 0.15) is 0 Å². The summed E-state index contributed by atoms with van der Waals surface area (Å²) in [6.45, 7) is 3.63. The number of benzene rings is 1. The third kappa shape index (κ3) is 7.00. The molecule has 0 atom stereocenters. The zero-order valence-electron chi connectivity index (χ0n) is 13.2. The number of thioether (sulfide) groups is 1. The molecular formula is C16H22N4OS2. The van der Waals surface area contributed by atoms with Crippen molar-refractivity contribution >= 4 is 34.1 Å². The fourth-order valence-corrected chi connectivity index (χ4v) is 3.47. The van der Waals surface area contributed by atoms with Crippen LogP contribution in [0.5, 0.6) is 0 Å². The van der Waals surface area contributed by atoms with E-state index in [-0.39, 0.29) is 5.91 Å². The fraction of sp³-hybridized carbons (Fsp3) is 0.438. The van der Waals surface area contributed by atoms with Crippen molar-refractivity contribution in [1.82, 2.24) is 15.5 Å². The molecule has 0 radical (unpaired) electrons. The number of anilines is 1. The Hall–Kier alpha value is -1.60. The van der Waals surface area contributed by atoms with Crippen LogP contribution in [0.25, 0.3) is 0 Å². The van der Waals surface area contributed by atoms with Gasteiger partial charge in [-0.2, -0.15) is 0 Å². The molecule has 0 bridgehead atoms. The first-order chi connectivity index (χ1) is 11.3. The van der Waals surface area contributed by atoms with Crippen LogP contribution in [0.2, 0.25) is 0 Å². The summed E-state index contributed by atoms with van der Waals surface area (Å²) >= 11 is 2.90. The molecule has 2 N–H and O–H groups in total. The number of amides is 1. The van der Waals surface area contributed by atoms with Gasteiger partial charge in [-0.05, 0) is 12.0 Å². The Morgan fingerprint density at radius 2 is 2.04 bits per heavy atom. The van der Waals surface area contributed by atoms with Gasteiger partial charge < -0.3 is 10.6 Å². The molecule has 0 saturated carbocycles. The second-order valence-corrected chi connectivity index (χ2v) is 7.26. The third-order valence-corrected chi connectivity index (χ3v) is 5.14. The molecule has 1 aromatic heterocycles. The topological polar surface area (TPSA) is 66.9 Å². The standard InChI is InChI=1S/C16H22N4OS2/c1-2-3-7-10-17-14(21)12-22-16-20-19-15(23-16)18-11-13-8-5-4-6-9-13/h4-6,8-9H,2-3,7,10-12H2,1H3,(H,17,21)(H,18,19). The Kier molecular flexibility index (Phi) is 7.89. The number of rotatable bonds is 10. The molecule has 0 spiro atoms. The van der Waals surface area contributed by atoms with E-state index in [1.54, 1.807) is 0 Å². The lowest BCUT2D eigenvalue weighted by atomic mass is 10.2. The number of aromatic nitrogens is 2. The molecule has 124 valence electrons. The summed E-state index contributed by atoms with van der Waals surface area (Å²) in [5.41, 5.74) is 1.20. The second-order valence-electron chi connectivity index (χ2n) is 5.06. The number of hydrogen-bond donors (Lipinski definition) is 2. The zero-order valence-corrected chi connectivity index (χ0v) is 14.9. The monoisotopic (exact) mass is 350 g/mol. The summed E-state index contributed by atoms with van der Waals surface area (Å²) < 4.78 is 0.810. The van der Waals surface area contributed by atoms with E-state index in [1.165, 1.54) is 28.7 Å². The highest BCUT2D eigenvalue weighted by molar-refractivity contribution is 8.01. The average Bonchev–Trinajstić information content (AvgIpc) is 3.04. The number of hydrogen-bond acceptors (Lipinski definition) is 6. The minimum absolute atomic E-state index is 0.0556. The first-order valence-electron chi connectivity index (χ1n) is 7.78. The van der Waals surface area contributed by atoms with Gasteiger partial charge in [-0.25, -0.2) is 0 Å².